The van der Waals surface area contributed by atoms with E-state index in [1.807, 2.05) is 32.0 Å². The number of carbonyl (C=O) groups is 2. The first-order valence-corrected chi connectivity index (χ1v) is 9.42. The highest BCUT2D eigenvalue weighted by molar-refractivity contribution is 8.15. The highest BCUT2D eigenvalue weighted by Gasteiger charge is 2.32. The number of thioether (sulfide) groups is 1. The van der Waals surface area contributed by atoms with Crippen molar-refractivity contribution in [3.63, 3.8) is 0 Å². The molecule has 3 rings (SSSR count). The van der Waals surface area contributed by atoms with Crippen LogP contribution in [0.15, 0.2) is 47.5 Å². The van der Waals surface area contributed by atoms with Crippen LogP contribution in [0.5, 0.6) is 0 Å². The third-order valence-electron chi connectivity index (χ3n) is 4.13. The standard InChI is InChI=1S/C20H20FN3O2S/c1-12-3-4-13(2)16(9-12)23-18(25)10-17-19(26)24-20(27-17)22-11-14-5-7-15(21)8-6-14/h3-9,17H,10-11H2,1-2H3,(H,23,25)(H,22,24,26)/t17-/m1/s1. The van der Waals surface area contributed by atoms with Gasteiger partial charge in [0.2, 0.25) is 11.8 Å². The molecule has 1 aliphatic rings. The molecule has 0 aromatic heterocycles. The molecule has 5 nitrogen and oxygen atoms in total. The normalized spacial score (nSPS) is 17.8. The summed E-state index contributed by atoms with van der Waals surface area (Å²) in [6.45, 7) is 4.22. The highest BCUT2D eigenvalue weighted by Crippen LogP contribution is 2.24. The molecule has 2 aromatic rings. The summed E-state index contributed by atoms with van der Waals surface area (Å²) < 4.78 is 12.9. The molecular formula is C20H20FN3O2S. The second-order valence-electron chi connectivity index (χ2n) is 6.41. The van der Waals surface area contributed by atoms with Gasteiger partial charge in [-0.05, 0) is 48.7 Å². The fourth-order valence-electron chi connectivity index (χ4n) is 2.61. The van der Waals surface area contributed by atoms with Crippen LogP contribution >= 0.6 is 11.8 Å². The Morgan fingerprint density at radius 3 is 2.70 bits per heavy atom. The second-order valence-corrected chi connectivity index (χ2v) is 7.61. The molecule has 1 heterocycles. The van der Waals surface area contributed by atoms with Crippen LogP contribution in [0.25, 0.3) is 0 Å². The van der Waals surface area contributed by atoms with Crippen LogP contribution < -0.4 is 10.6 Å². The van der Waals surface area contributed by atoms with Gasteiger partial charge in [0.25, 0.3) is 0 Å². The molecule has 0 bridgehead atoms. The Morgan fingerprint density at radius 2 is 1.96 bits per heavy atom. The van der Waals surface area contributed by atoms with Crippen molar-refractivity contribution in [3.05, 3.63) is 65.0 Å². The van der Waals surface area contributed by atoms with Gasteiger partial charge in [-0.2, -0.15) is 0 Å². The summed E-state index contributed by atoms with van der Waals surface area (Å²) in [5.74, 6) is -0.741. The summed E-state index contributed by atoms with van der Waals surface area (Å²) in [7, 11) is 0. The molecule has 1 saturated heterocycles. The maximum absolute atomic E-state index is 12.9. The molecule has 27 heavy (non-hydrogen) atoms. The zero-order chi connectivity index (χ0) is 19.4. The summed E-state index contributed by atoms with van der Waals surface area (Å²) in [5.41, 5.74) is 3.63. The first-order chi connectivity index (χ1) is 12.9. The third kappa shape index (κ3) is 5.17. The number of aryl methyl sites for hydroxylation is 2. The number of hydrogen-bond acceptors (Lipinski definition) is 4. The summed E-state index contributed by atoms with van der Waals surface area (Å²) in [6.07, 6.45) is 0.0689. The van der Waals surface area contributed by atoms with E-state index < -0.39 is 5.25 Å². The van der Waals surface area contributed by atoms with Gasteiger partial charge in [0.1, 0.15) is 11.1 Å². The van der Waals surface area contributed by atoms with Gasteiger partial charge in [0, 0.05) is 12.1 Å². The average Bonchev–Trinajstić information content (AvgIpc) is 2.97. The second kappa shape index (κ2) is 8.35. The summed E-state index contributed by atoms with van der Waals surface area (Å²) in [5, 5.41) is 5.53. The van der Waals surface area contributed by atoms with Crippen molar-refractivity contribution in [2.75, 3.05) is 5.32 Å². The minimum Gasteiger partial charge on any atom is -0.326 e. The van der Waals surface area contributed by atoms with Crippen molar-refractivity contribution in [2.24, 2.45) is 4.99 Å². The van der Waals surface area contributed by atoms with Gasteiger partial charge in [0.15, 0.2) is 5.17 Å². The zero-order valence-electron chi connectivity index (χ0n) is 15.1. The van der Waals surface area contributed by atoms with E-state index in [0.29, 0.717) is 11.7 Å². The first kappa shape index (κ1) is 19.1. The van der Waals surface area contributed by atoms with Crippen LogP contribution in [0.1, 0.15) is 23.1 Å². The summed E-state index contributed by atoms with van der Waals surface area (Å²) >= 11 is 1.24. The number of halogens is 1. The molecule has 1 fully saturated rings. The molecular weight excluding hydrogens is 365 g/mol. The number of nitrogens with zero attached hydrogens (tertiary/aromatic N) is 1. The quantitative estimate of drug-likeness (QED) is 0.827. The Kier molecular flexibility index (Phi) is 5.91. The molecule has 140 valence electrons. The molecule has 7 heteroatoms. The van der Waals surface area contributed by atoms with Gasteiger partial charge in [-0.25, -0.2) is 4.39 Å². The lowest BCUT2D eigenvalue weighted by Gasteiger charge is -2.10. The zero-order valence-corrected chi connectivity index (χ0v) is 15.9. The summed E-state index contributed by atoms with van der Waals surface area (Å²) in [4.78, 5) is 28.8. The van der Waals surface area contributed by atoms with E-state index >= 15 is 0 Å². The largest absolute Gasteiger partial charge is 0.326 e. The van der Waals surface area contributed by atoms with E-state index in [1.54, 1.807) is 12.1 Å². The lowest BCUT2D eigenvalue weighted by Crippen LogP contribution is -2.28. The van der Waals surface area contributed by atoms with Crippen LogP contribution in [0.3, 0.4) is 0 Å². The molecule has 2 N–H and O–H groups in total. The van der Waals surface area contributed by atoms with Crippen molar-refractivity contribution in [3.8, 4) is 0 Å². The van der Waals surface area contributed by atoms with Gasteiger partial charge in [-0.1, -0.05) is 36.0 Å². The number of carbonyl (C=O) groups excluding carboxylic acids is 2. The number of amides is 2. The molecule has 0 aliphatic carbocycles. The Morgan fingerprint density at radius 1 is 1.22 bits per heavy atom. The van der Waals surface area contributed by atoms with Gasteiger partial charge < -0.3 is 10.6 Å². The fraction of sp³-hybridized carbons (Fsp3) is 0.250. The van der Waals surface area contributed by atoms with Crippen LogP contribution in [-0.4, -0.2) is 22.2 Å². The van der Waals surface area contributed by atoms with Crippen molar-refractivity contribution < 1.29 is 14.0 Å². The van der Waals surface area contributed by atoms with E-state index in [4.69, 9.17) is 0 Å². The minimum absolute atomic E-state index is 0.0689. The lowest BCUT2D eigenvalue weighted by molar-refractivity contribution is -0.122. The molecule has 2 aromatic carbocycles. The first-order valence-electron chi connectivity index (χ1n) is 8.54. The van der Waals surface area contributed by atoms with E-state index in [-0.39, 0.29) is 24.1 Å². The third-order valence-corrected chi connectivity index (χ3v) is 5.25. The maximum atomic E-state index is 12.9. The van der Waals surface area contributed by atoms with Crippen LogP contribution in [0, 0.1) is 19.7 Å². The number of nitrogens with one attached hydrogen (secondary N) is 2. The number of amidine groups is 1. The van der Waals surface area contributed by atoms with Gasteiger partial charge in [-0.15, -0.1) is 0 Å². The number of hydrogen-bond donors (Lipinski definition) is 2. The lowest BCUT2D eigenvalue weighted by atomic mass is 10.1. The van der Waals surface area contributed by atoms with Crippen LogP contribution in [-0.2, 0) is 16.1 Å². The highest BCUT2D eigenvalue weighted by atomic mass is 32.2. The molecule has 2 amide bonds. The van der Waals surface area contributed by atoms with Crippen molar-refractivity contribution >= 4 is 34.4 Å². The van der Waals surface area contributed by atoms with E-state index in [1.165, 1.54) is 23.9 Å². The molecule has 0 radical (unpaired) electrons. The van der Waals surface area contributed by atoms with E-state index in [9.17, 15) is 14.0 Å². The molecule has 0 spiro atoms. The Hall–Kier alpha value is -2.67. The van der Waals surface area contributed by atoms with E-state index in [0.717, 1.165) is 22.4 Å². The maximum Gasteiger partial charge on any atom is 0.240 e. The number of anilines is 1. The Balaban J connectivity index is 1.57. The van der Waals surface area contributed by atoms with Crippen molar-refractivity contribution in [1.82, 2.24) is 5.32 Å². The molecule has 0 saturated carbocycles. The van der Waals surface area contributed by atoms with Crippen LogP contribution in [0.2, 0.25) is 0 Å². The number of rotatable bonds is 5. The fourth-order valence-corrected chi connectivity index (χ4v) is 3.58. The topological polar surface area (TPSA) is 70.6 Å². The number of aliphatic imine (C=N–C) groups is 1. The van der Waals surface area contributed by atoms with Gasteiger partial charge in [0.05, 0.1) is 6.54 Å². The predicted octanol–water partition coefficient (Wildman–Crippen LogP) is 3.56. The van der Waals surface area contributed by atoms with E-state index in [2.05, 4.69) is 15.6 Å². The number of benzene rings is 2. The van der Waals surface area contributed by atoms with Gasteiger partial charge >= 0.3 is 0 Å². The summed E-state index contributed by atoms with van der Waals surface area (Å²) in [6, 6.07) is 11.9. The molecule has 1 aliphatic heterocycles. The van der Waals surface area contributed by atoms with Gasteiger partial charge in [-0.3, -0.25) is 14.6 Å². The van der Waals surface area contributed by atoms with Crippen molar-refractivity contribution in [2.45, 2.75) is 32.1 Å². The molecule has 0 unspecified atom stereocenters. The van der Waals surface area contributed by atoms with Crippen LogP contribution in [0.4, 0.5) is 10.1 Å². The molecule has 1 atom stereocenters. The average molecular weight is 385 g/mol. The Labute approximate surface area is 161 Å². The monoisotopic (exact) mass is 385 g/mol. The predicted molar refractivity (Wildman–Crippen MR) is 106 cm³/mol. The smallest absolute Gasteiger partial charge is 0.240 e. The minimum atomic E-state index is -0.512. The SMILES string of the molecule is Cc1ccc(C)c(NC(=O)C[C@H]2SC(=NCc3ccc(F)cc3)NC2=O)c1. The van der Waals surface area contributed by atoms with Crippen molar-refractivity contribution in [1.29, 1.82) is 0 Å². The Bertz CT molecular complexity index is 897.